The lowest BCUT2D eigenvalue weighted by Crippen LogP contribution is -2.18. The fourth-order valence-electron chi connectivity index (χ4n) is 3.72. The molecule has 26 heavy (non-hydrogen) atoms. The van der Waals surface area contributed by atoms with Crippen molar-refractivity contribution in [2.45, 2.75) is 12.3 Å². The molecule has 3 aromatic carbocycles. The van der Waals surface area contributed by atoms with Crippen molar-refractivity contribution in [3.05, 3.63) is 114 Å². The minimum Gasteiger partial charge on any atom is -0.294 e. The molecule has 2 heteroatoms. The standard InChI is InChI=1S/C24H19FO/c25-21-13-11-18(12-14-21)22-15-20(17-7-3-1-4-8-17)16-23(22)24(26)19-9-5-2-6-10-19/h1-15,22-23H,16H2/t22-,23+/m1/s1. The van der Waals surface area contributed by atoms with Crippen molar-refractivity contribution in [3.8, 4) is 0 Å². The van der Waals surface area contributed by atoms with Crippen molar-refractivity contribution in [1.29, 1.82) is 0 Å². The Hall–Kier alpha value is -3.00. The molecule has 2 atom stereocenters. The largest absolute Gasteiger partial charge is 0.294 e. The van der Waals surface area contributed by atoms with E-state index in [0.717, 1.165) is 16.7 Å². The van der Waals surface area contributed by atoms with E-state index in [1.165, 1.54) is 17.7 Å². The van der Waals surface area contributed by atoms with Crippen LogP contribution < -0.4 is 0 Å². The van der Waals surface area contributed by atoms with Gasteiger partial charge in [-0.3, -0.25) is 4.79 Å². The van der Waals surface area contributed by atoms with Crippen LogP contribution in [-0.2, 0) is 0 Å². The van der Waals surface area contributed by atoms with Gasteiger partial charge in [-0.1, -0.05) is 78.9 Å². The number of hydrogen-bond acceptors (Lipinski definition) is 1. The molecular weight excluding hydrogens is 323 g/mol. The summed E-state index contributed by atoms with van der Waals surface area (Å²) in [6.45, 7) is 0. The molecule has 0 amide bonds. The second kappa shape index (κ2) is 7.09. The highest BCUT2D eigenvalue weighted by Crippen LogP contribution is 2.43. The summed E-state index contributed by atoms with van der Waals surface area (Å²) in [5.74, 6) is -0.330. The Labute approximate surface area is 152 Å². The maximum absolute atomic E-state index is 13.4. The smallest absolute Gasteiger partial charge is 0.167 e. The molecule has 0 aromatic heterocycles. The molecule has 0 fully saturated rings. The van der Waals surface area contributed by atoms with Crippen LogP contribution in [0.3, 0.4) is 0 Å². The van der Waals surface area contributed by atoms with E-state index in [4.69, 9.17) is 0 Å². The van der Waals surface area contributed by atoms with Gasteiger partial charge in [0.1, 0.15) is 5.82 Å². The summed E-state index contributed by atoms with van der Waals surface area (Å²) in [5.41, 5.74) is 4.02. The lowest BCUT2D eigenvalue weighted by Gasteiger charge is -2.19. The zero-order valence-electron chi connectivity index (χ0n) is 14.3. The van der Waals surface area contributed by atoms with Gasteiger partial charge in [-0.2, -0.15) is 0 Å². The van der Waals surface area contributed by atoms with Crippen molar-refractivity contribution >= 4 is 11.4 Å². The summed E-state index contributed by atoms with van der Waals surface area (Å²) >= 11 is 0. The summed E-state index contributed by atoms with van der Waals surface area (Å²) < 4.78 is 13.4. The Kier molecular flexibility index (Phi) is 4.49. The van der Waals surface area contributed by atoms with E-state index in [1.54, 1.807) is 12.1 Å². The molecule has 4 rings (SSSR count). The zero-order chi connectivity index (χ0) is 17.9. The van der Waals surface area contributed by atoms with Gasteiger partial charge in [0.25, 0.3) is 0 Å². The minimum absolute atomic E-state index is 0.0430. The molecule has 0 N–H and O–H groups in total. The van der Waals surface area contributed by atoms with Crippen LogP contribution in [0.2, 0.25) is 0 Å². The van der Waals surface area contributed by atoms with Gasteiger partial charge in [0.05, 0.1) is 0 Å². The molecule has 0 unspecified atom stereocenters. The molecule has 0 saturated carbocycles. The first kappa shape index (κ1) is 16.5. The minimum atomic E-state index is -0.259. The van der Waals surface area contributed by atoms with Crippen molar-refractivity contribution in [1.82, 2.24) is 0 Å². The van der Waals surface area contributed by atoms with E-state index < -0.39 is 0 Å². The second-order valence-corrected chi connectivity index (χ2v) is 6.68. The van der Waals surface area contributed by atoms with Crippen molar-refractivity contribution in [2.24, 2.45) is 5.92 Å². The monoisotopic (exact) mass is 342 g/mol. The molecule has 0 radical (unpaired) electrons. The van der Waals surface area contributed by atoms with Gasteiger partial charge in [-0.25, -0.2) is 4.39 Å². The van der Waals surface area contributed by atoms with Crippen molar-refractivity contribution in [3.63, 3.8) is 0 Å². The van der Waals surface area contributed by atoms with Gasteiger partial charge in [-0.15, -0.1) is 0 Å². The van der Waals surface area contributed by atoms with Crippen molar-refractivity contribution < 1.29 is 9.18 Å². The van der Waals surface area contributed by atoms with Gasteiger partial charge in [0.15, 0.2) is 5.78 Å². The number of Topliss-reactive ketones (excluding diaryl/α,β-unsaturated/α-hetero) is 1. The fraction of sp³-hybridized carbons (Fsp3) is 0.125. The summed E-state index contributed by atoms with van der Waals surface area (Å²) in [4.78, 5) is 13.2. The molecule has 1 nitrogen and oxygen atoms in total. The van der Waals surface area contributed by atoms with Crippen LogP contribution in [0.25, 0.3) is 5.57 Å². The van der Waals surface area contributed by atoms with E-state index in [9.17, 15) is 9.18 Å². The van der Waals surface area contributed by atoms with Crippen LogP contribution in [-0.4, -0.2) is 5.78 Å². The Morgan fingerprint density at radius 3 is 2.08 bits per heavy atom. The van der Waals surface area contributed by atoms with Gasteiger partial charge >= 0.3 is 0 Å². The van der Waals surface area contributed by atoms with Gasteiger partial charge in [0.2, 0.25) is 0 Å². The molecule has 3 aromatic rings. The number of carbonyl (C=O) groups is 1. The second-order valence-electron chi connectivity index (χ2n) is 6.68. The van der Waals surface area contributed by atoms with Crippen LogP contribution in [0.1, 0.15) is 33.8 Å². The molecule has 0 saturated heterocycles. The maximum atomic E-state index is 13.4. The lowest BCUT2D eigenvalue weighted by atomic mass is 9.83. The molecule has 1 aliphatic carbocycles. The first-order valence-electron chi connectivity index (χ1n) is 8.83. The molecule has 1 aliphatic rings. The number of hydrogen-bond donors (Lipinski definition) is 0. The summed E-state index contributed by atoms with van der Waals surface area (Å²) in [5, 5.41) is 0. The molecular formula is C24H19FO. The molecule has 0 aliphatic heterocycles. The number of ketones is 1. The number of allylic oxidation sites excluding steroid dienone is 2. The average Bonchev–Trinajstić information content (AvgIpc) is 3.15. The van der Waals surface area contributed by atoms with Gasteiger partial charge < -0.3 is 0 Å². The van der Waals surface area contributed by atoms with Gasteiger partial charge in [-0.05, 0) is 35.3 Å². The first-order valence-corrected chi connectivity index (χ1v) is 8.83. The quantitative estimate of drug-likeness (QED) is 0.540. The van der Waals surface area contributed by atoms with Gasteiger partial charge in [0, 0.05) is 17.4 Å². The Bertz CT molecular complexity index is 927. The maximum Gasteiger partial charge on any atom is 0.167 e. The predicted octanol–water partition coefficient (Wildman–Crippen LogP) is 5.90. The Morgan fingerprint density at radius 1 is 0.808 bits per heavy atom. The van der Waals surface area contributed by atoms with Crippen LogP contribution in [0, 0.1) is 11.7 Å². The number of carbonyl (C=O) groups excluding carboxylic acids is 1. The Balaban J connectivity index is 1.72. The van der Waals surface area contributed by atoms with Crippen LogP contribution >= 0.6 is 0 Å². The normalized spacial score (nSPS) is 19.2. The number of rotatable bonds is 4. The van der Waals surface area contributed by atoms with Crippen molar-refractivity contribution in [2.75, 3.05) is 0 Å². The van der Waals surface area contributed by atoms with Crippen LogP contribution in [0.5, 0.6) is 0 Å². The third kappa shape index (κ3) is 3.23. The third-order valence-corrected chi connectivity index (χ3v) is 5.05. The fourth-order valence-corrected chi connectivity index (χ4v) is 3.72. The highest BCUT2D eigenvalue weighted by atomic mass is 19.1. The average molecular weight is 342 g/mol. The number of halogens is 1. The SMILES string of the molecule is O=C(c1ccccc1)[C@H]1CC(c2ccccc2)=C[C@@H]1c1ccc(F)cc1. The Morgan fingerprint density at radius 2 is 1.42 bits per heavy atom. The van der Waals surface area contributed by atoms with E-state index in [0.29, 0.717) is 6.42 Å². The topological polar surface area (TPSA) is 17.1 Å². The summed E-state index contributed by atoms with van der Waals surface area (Å²) in [7, 11) is 0. The predicted molar refractivity (Wildman–Crippen MR) is 102 cm³/mol. The molecule has 128 valence electrons. The molecule has 0 bridgehead atoms. The lowest BCUT2D eigenvalue weighted by molar-refractivity contribution is 0.0917. The van der Waals surface area contributed by atoms with Crippen LogP contribution in [0.4, 0.5) is 4.39 Å². The van der Waals surface area contributed by atoms with E-state index in [1.807, 2.05) is 48.5 Å². The van der Waals surface area contributed by atoms with E-state index >= 15 is 0 Å². The van der Waals surface area contributed by atoms with E-state index in [2.05, 4.69) is 18.2 Å². The third-order valence-electron chi connectivity index (χ3n) is 5.05. The van der Waals surface area contributed by atoms with E-state index in [-0.39, 0.29) is 23.4 Å². The summed E-state index contributed by atoms with van der Waals surface area (Å²) in [6, 6.07) is 26.1. The van der Waals surface area contributed by atoms with Crippen LogP contribution in [0.15, 0.2) is 91.0 Å². The molecule has 0 heterocycles. The summed E-state index contributed by atoms with van der Waals surface area (Å²) in [6.07, 6.45) is 2.87. The number of benzene rings is 3. The molecule has 0 spiro atoms. The highest BCUT2D eigenvalue weighted by Gasteiger charge is 2.34. The highest BCUT2D eigenvalue weighted by molar-refractivity contribution is 6.00. The first-order chi connectivity index (χ1) is 12.7. The zero-order valence-corrected chi connectivity index (χ0v) is 14.3.